The van der Waals surface area contributed by atoms with Gasteiger partial charge in [0.25, 0.3) is 0 Å². The van der Waals surface area contributed by atoms with E-state index in [0.717, 1.165) is 24.2 Å². The molecule has 2 aromatic rings. The molecule has 0 saturated carbocycles. The van der Waals surface area contributed by atoms with Crippen molar-refractivity contribution >= 4 is 12.0 Å². The summed E-state index contributed by atoms with van der Waals surface area (Å²) >= 11 is 0. The number of benzene rings is 1. The molecule has 1 aromatic carbocycles. The first-order valence-electron chi connectivity index (χ1n) is 7.78. The average molecular weight is 308 g/mol. The molecule has 0 radical (unpaired) electrons. The number of pyridine rings is 1. The smallest absolute Gasteiger partial charge is 0.315 e. The second-order valence-electron chi connectivity index (χ2n) is 5.92. The van der Waals surface area contributed by atoms with Crippen LogP contribution in [0.5, 0.6) is 0 Å². The van der Waals surface area contributed by atoms with Crippen molar-refractivity contribution in [3.8, 4) is 0 Å². The average Bonchev–Trinajstić information content (AvgIpc) is 3.02. The second kappa shape index (κ2) is 6.75. The standard InChI is InChI=1S/C19H20N2O2/c22-18(23)19(17-6-2-1-3-7-17)10-14-21(15-19)13-4-5-16-8-11-20-12-9-16/h1-9,11-12H,10,13-15H2,(H,22,23)/b5-4+. The van der Waals surface area contributed by atoms with E-state index in [2.05, 4.69) is 16.0 Å². The summed E-state index contributed by atoms with van der Waals surface area (Å²) in [5.74, 6) is -0.732. The summed E-state index contributed by atoms with van der Waals surface area (Å²) in [5.41, 5.74) is 1.21. The van der Waals surface area contributed by atoms with E-state index in [9.17, 15) is 9.90 Å². The number of hydrogen-bond acceptors (Lipinski definition) is 3. The van der Waals surface area contributed by atoms with Gasteiger partial charge in [0.15, 0.2) is 0 Å². The summed E-state index contributed by atoms with van der Waals surface area (Å²) in [6, 6.07) is 13.5. The summed E-state index contributed by atoms with van der Waals surface area (Å²) in [6.45, 7) is 2.10. The molecule has 1 aromatic heterocycles. The van der Waals surface area contributed by atoms with Gasteiger partial charge < -0.3 is 5.11 Å². The lowest BCUT2D eigenvalue weighted by Gasteiger charge is -2.25. The molecular formula is C19H20N2O2. The number of likely N-dealkylation sites (tertiary alicyclic amines) is 1. The van der Waals surface area contributed by atoms with E-state index in [0.29, 0.717) is 13.0 Å². The third-order valence-electron chi connectivity index (χ3n) is 4.46. The van der Waals surface area contributed by atoms with Crippen LogP contribution in [0.4, 0.5) is 0 Å². The number of hydrogen-bond donors (Lipinski definition) is 1. The summed E-state index contributed by atoms with van der Waals surface area (Å²) in [4.78, 5) is 18.1. The van der Waals surface area contributed by atoms with Gasteiger partial charge in [-0.25, -0.2) is 0 Å². The van der Waals surface area contributed by atoms with Crippen LogP contribution in [-0.2, 0) is 10.2 Å². The molecule has 1 fully saturated rings. The van der Waals surface area contributed by atoms with Crippen LogP contribution in [0.3, 0.4) is 0 Å². The molecule has 2 heterocycles. The Bertz CT molecular complexity index is 685. The van der Waals surface area contributed by atoms with Crippen molar-refractivity contribution in [1.82, 2.24) is 9.88 Å². The largest absolute Gasteiger partial charge is 0.481 e. The highest BCUT2D eigenvalue weighted by Gasteiger charge is 2.45. The quantitative estimate of drug-likeness (QED) is 0.923. The Morgan fingerprint density at radius 3 is 2.65 bits per heavy atom. The molecule has 1 aliphatic rings. The lowest BCUT2D eigenvalue weighted by Crippen LogP contribution is -2.38. The predicted octanol–water partition coefficient (Wildman–Crippen LogP) is 2.82. The molecule has 4 heteroatoms. The van der Waals surface area contributed by atoms with Crippen molar-refractivity contribution in [3.05, 3.63) is 72.1 Å². The maximum atomic E-state index is 11.9. The third-order valence-corrected chi connectivity index (χ3v) is 4.46. The van der Waals surface area contributed by atoms with Gasteiger partial charge in [-0.15, -0.1) is 0 Å². The minimum Gasteiger partial charge on any atom is -0.481 e. The molecule has 0 spiro atoms. The molecule has 4 nitrogen and oxygen atoms in total. The summed E-state index contributed by atoms with van der Waals surface area (Å²) in [6.07, 6.45) is 8.30. The molecular weight excluding hydrogens is 288 g/mol. The van der Waals surface area contributed by atoms with Crippen molar-refractivity contribution in [2.45, 2.75) is 11.8 Å². The monoisotopic (exact) mass is 308 g/mol. The molecule has 0 bridgehead atoms. The molecule has 1 N–H and O–H groups in total. The minimum absolute atomic E-state index is 0.549. The lowest BCUT2D eigenvalue weighted by molar-refractivity contribution is -0.143. The van der Waals surface area contributed by atoms with Gasteiger partial charge in [0.05, 0.1) is 0 Å². The van der Waals surface area contributed by atoms with Crippen molar-refractivity contribution in [2.24, 2.45) is 0 Å². The van der Waals surface area contributed by atoms with Gasteiger partial charge in [0.1, 0.15) is 5.41 Å². The van der Waals surface area contributed by atoms with E-state index >= 15 is 0 Å². The number of rotatable bonds is 5. The highest BCUT2D eigenvalue weighted by molar-refractivity contribution is 5.82. The van der Waals surface area contributed by atoms with Crippen LogP contribution < -0.4 is 0 Å². The first-order chi connectivity index (χ1) is 11.2. The van der Waals surface area contributed by atoms with Crippen LogP contribution in [0.2, 0.25) is 0 Å². The first kappa shape index (κ1) is 15.4. The van der Waals surface area contributed by atoms with Crippen LogP contribution in [0.15, 0.2) is 60.9 Å². The molecule has 118 valence electrons. The van der Waals surface area contributed by atoms with Crippen molar-refractivity contribution in [1.29, 1.82) is 0 Å². The van der Waals surface area contributed by atoms with E-state index in [1.54, 1.807) is 12.4 Å². The zero-order chi connectivity index (χ0) is 16.1. The van der Waals surface area contributed by atoms with Gasteiger partial charge in [-0.1, -0.05) is 42.5 Å². The Morgan fingerprint density at radius 2 is 1.96 bits per heavy atom. The zero-order valence-electron chi connectivity index (χ0n) is 12.9. The maximum absolute atomic E-state index is 11.9. The predicted molar refractivity (Wildman–Crippen MR) is 90.1 cm³/mol. The van der Waals surface area contributed by atoms with E-state index in [1.165, 1.54) is 0 Å². The topological polar surface area (TPSA) is 53.4 Å². The molecule has 1 saturated heterocycles. The number of aromatic nitrogens is 1. The van der Waals surface area contributed by atoms with Crippen molar-refractivity contribution in [3.63, 3.8) is 0 Å². The normalized spacial score (nSPS) is 21.7. The van der Waals surface area contributed by atoms with Crippen LogP contribution in [-0.4, -0.2) is 40.6 Å². The van der Waals surface area contributed by atoms with Gasteiger partial charge in [-0.2, -0.15) is 0 Å². The number of carbonyl (C=O) groups is 1. The number of nitrogens with zero attached hydrogens (tertiary/aromatic N) is 2. The van der Waals surface area contributed by atoms with Crippen LogP contribution in [0.25, 0.3) is 6.08 Å². The molecule has 3 rings (SSSR count). The van der Waals surface area contributed by atoms with Gasteiger partial charge in [0.2, 0.25) is 0 Å². The Kier molecular flexibility index (Phi) is 4.53. The first-order valence-corrected chi connectivity index (χ1v) is 7.78. The van der Waals surface area contributed by atoms with Crippen molar-refractivity contribution < 1.29 is 9.90 Å². The van der Waals surface area contributed by atoms with Gasteiger partial charge >= 0.3 is 5.97 Å². The van der Waals surface area contributed by atoms with E-state index in [1.807, 2.05) is 48.5 Å². The minimum atomic E-state index is -0.786. The highest BCUT2D eigenvalue weighted by atomic mass is 16.4. The second-order valence-corrected chi connectivity index (χ2v) is 5.92. The zero-order valence-corrected chi connectivity index (χ0v) is 12.9. The van der Waals surface area contributed by atoms with Crippen LogP contribution >= 0.6 is 0 Å². The third kappa shape index (κ3) is 3.32. The molecule has 1 aliphatic heterocycles. The SMILES string of the molecule is O=C(O)C1(c2ccccc2)CCN(C/C=C/c2ccncc2)C1. The summed E-state index contributed by atoms with van der Waals surface area (Å²) < 4.78 is 0. The van der Waals surface area contributed by atoms with E-state index in [4.69, 9.17) is 0 Å². The lowest BCUT2D eigenvalue weighted by atomic mass is 9.80. The molecule has 0 aliphatic carbocycles. The van der Waals surface area contributed by atoms with Gasteiger partial charge in [0, 0.05) is 25.5 Å². The van der Waals surface area contributed by atoms with Gasteiger partial charge in [-0.05, 0) is 36.2 Å². The Hall–Kier alpha value is -2.46. The van der Waals surface area contributed by atoms with Crippen molar-refractivity contribution in [2.75, 3.05) is 19.6 Å². The molecule has 0 amide bonds. The number of carboxylic acid groups (broad SMARTS) is 1. The fourth-order valence-electron chi connectivity index (χ4n) is 3.15. The molecule has 23 heavy (non-hydrogen) atoms. The molecule has 1 unspecified atom stereocenters. The fourth-order valence-corrected chi connectivity index (χ4v) is 3.15. The molecule has 1 atom stereocenters. The highest BCUT2D eigenvalue weighted by Crippen LogP contribution is 2.34. The summed E-state index contributed by atoms with van der Waals surface area (Å²) in [5, 5.41) is 9.79. The van der Waals surface area contributed by atoms with Crippen LogP contribution in [0, 0.1) is 0 Å². The van der Waals surface area contributed by atoms with E-state index in [-0.39, 0.29) is 0 Å². The van der Waals surface area contributed by atoms with Gasteiger partial charge in [-0.3, -0.25) is 14.7 Å². The number of aliphatic carboxylic acids is 1. The summed E-state index contributed by atoms with van der Waals surface area (Å²) in [7, 11) is 0. The van der Waals surface area contributed by atoms with E-state index < -0.39 is 11.4 Å². The fraction of sp³-hybridized carbons (Fsp3) is 0.263. The number of carboxylic acids is 1. The van der Waals surface area contributed by atoms with Crippen LogP contribution in [0.1, 0.15) is 17.5 Å². The Labute approximate surface area is 136 Å². The Morgan fingerprint density at radius 1 is 1.22 bits per heavy atom. The maximum Gasteiger partial charge on any atom is 0.315 e. The Balaban J connectivity index is 1.69.